The second-order valence-corrected chi connectivity index (χ2v) is 4.26. The molecule has 0 radical (unpaired) electrons. The predicted molar refractivity (Wildman–Crippen MR) is 67.1 cm³/mol. The third kappa shape index (κ3) is 3.56. The molecule has 1 amide bonds. The number of amides is 1. The van der Waals surface area contributed by atoms with E-state index in [4.69, 9.17) is 5.73 Å². The molecule has 0 saturated heterocycles. The lowest BCUT2D eigenvalue weighted by atomic mass is 9.95. The summed E-state index contributed by atoms with van der Waals surface area (Å²) in [6.07, 6.45) is 5.16. The summed E-state index contributed by atoms with van der Waals surface area (Å²) < 4.78 is 1.89. The third-order valence-electron chi connectivity index (χ3n) is 3.11. The topological polar surface area (TPSA) is 72.9 Å². The Labute approximate surface area is 102 Å². The Morgan fingerprint density at radius 1 is 1.53 bits per heavy atom. The zero-order valence-corrected chi connectivity index (χ0v) is 10.8. The molecule has 5 heteroatoms. The molecule has 0 aliphatic heterocycles. The van der Waals surface area contributed by atoms with Crippen molar-refractivity contribution in [3.63, 3.8) is 0 Å². The maximum atomic E-state index is 12.0. The van der Waals surface area contributed by atoms with Crippen molar-refractivity contribution in [2.45, 2.75) is 39.3 Å². The van der Waals surface area contributed by atoms with Gasteiger partial charge in [0.15, 0.2) is 0 Å². The monoisotopic (exact) mass is 238 g/mol. The molecule has 5 nitrogen and oxygen atoms in total. The molecule has 0 fully saturated rings. The summed E-state index contributed by atoms with van der Waals surface area (Å²) in [6.45, 7) is 4.44. The van der Waals surface area contributed by atoms with E-state index in [2.05, 4.69) is 10.3 Å². The fraction of sp³-hybridized carbons (Fsp3) is 0.667. The van der Waals surface area contributed by atoms with Crippen LogP contribution < -0.4 is 11.1 Å². The van der Waals surface area contributed by atoms with Crippen molar-refractivity contribution in [3.05, 3.63) is 18.2 Å². The molecule has 2 atom stereocenters. The van der Waals surface area contributed by atoms with Crippen LogP contribution in [0.3, 0.4) is 0 Å². The van der Waals surface area contributed by atoms with Gasteiger partial charge < -0.3 is 15.6 Å². The van der Waals surface area contributed by atoms with Crippen molar-refractivity contribution < 1.29 is 4.79 Å². The Morgan fingerprint density at radius 2 is 2.24 bits per heavy atom. The first-order valence-electron chi connectivity index (χ1n) is 6.09. The first-order valence-corrected chi connectivity index (χ1v) is 6.09. The SMILES string of the molecule is CCC(N)C(CC)C(=O)NCc1nccn1C. The highest BCUT2D eigenvalue weighted by molar-refractivity contribution is 5.79. The minimum absolute atomic E-state index is 0.0184. The molecule has 96 valence electrons. The van der Waals surface area contributed by atoms with Crippen molar-refractivity contribution in [1.82, 2.24) is 14.9 Å². The van der Waals surface area contributed by atoms with E-state index < -0.39 is 0 Å². The molecule has 3 N–H and O–H groups in total. The van der Waals surface area contributed by atoms with Gasteiger partial charge in [0.25, 0.3) is 0 Å². The number of rotatable bonds is 6. The average molecular weight is 238 g/mol. The van der Waals surface area contributed by atoms with Gasteiger partial charge in [-0.3, -0.25) is 4.79 Å². The van der Waals surface area contributed by atoms with E-state index >= 15 is 0 Å². The van der Waals surface area contributed by atoms with Crippen molar-refractivity contribution >= 4 is 5.91 Å². The molecule has 2 unspecified atom stereocenters. The highest BCUT2D eigenvalue weighted by atomic mass is 16.1. The lowest BCUT2D eigenvalue weighted by Gasteiger charge is -2.20. The van der Waals surface area contributed by atoms with Gasteiger partial charge in [0.2, 0.25) is 5.91 Å². The predicted octanol–water partition coefficient (Wildman–Crippen LogP) is 0.800. The van der Waals surface area contributed by atoms with E-state index in [-0.39, 0.29) is 17.9 Å². The van der Waals surface area contributed by atoms with E-state index in [0.717, 1.165) is 18.7 Å². The normalized spacial score (nSPS) is 14.4. The van der Waals surface area contributed by atoms with Gasteiger partial charge in [-0.05, 0) is 12.8 Å². The molecule has 17 heavy (non-hydrogen) atoms. The maximum absolute atomic E-state index is 12.0. The van der Waals surface area contributed by atoms with Crippen molar-refractivity contribution in [2.75, 3.05) is 0 Å². The number of carbonyl (C=O) groups is 1. The van der Waals surface area contributed by atoms with E-state index in [0.29, 0.717) is 6.54 Å². The van der Waals surface area contributed by atoms with Crippen molar-refractivity contribution in [1.29, 1.82) is 0 Å². The zero-order valence-electron chi connectivity index (χ0n) is 10.8. The summed E-state index contributed by atoms with van der Waals surface area (Å²) in [5.41, 5.74) is 5.93. The summed E-state index contributed by atoms with van der Waals surface area (Å²) in [7, 11) is 1.91. The minimum Gasteiger partial charge on any atom is -0.349 e. The zero-order chi connectivity index (χ0) is 12.8. The smallest absolute Gasteiger partial charge is 0.225 e. The van der Waals surface area contributed by atoms with E-state index in [9.17, 15) is 4.79 Å². The average Bonchev–Trinajstić information content (AvgIpc) is 2.72. The molecule has 0 aromatic carbocycles. The van der Waals surface area contributed by atoms with Gasteiger partial charge in [-0.15, -0.1) is 0 Å². The number of nitrogens with zero attached hydrogens (tertiary/aromatic N) is 2. The van der Waals surface area contributed by atoms with Gasteiger partial charge in [0.1, 0.15) is 5.82 Å². The van der Waals surface area contributed by atoms with Gasteiger partial charge in [0, 0.05) is 25.5 Å². The van der Waals surface area contributed by atoms with Crippen LogP contribution >= 0.6 is 0 Å². The summed E-state index contributed by atoms with van der Waals surface area (Å²) in [6, 6.07) is -0.0682. The fourth-order valence-corrected chi connectivity index (χ4v) is 1.83. The Kier molecular flexibility index (Phi) is 5.15. The van der Waals surface area contributed by atoms with Crippen LogP contribution in [-0.4, -0.2) is 21.5 Å². The number of imidazole rings is 1. The van der Waals surface area contributed by atoms with Crippen LogP contribution in [0.25, 0.3) is 0 Å². The molecule has 0 saturated carbocycles. The van der Waals surface area contributed by atoms with Crippen LogP contribution in [-0.2, 0) is 18.4 Å². The number of aryl methyl sites for hydroxylation is 1. The third-order valence-corrected chi connectivity index (χ3v) is 3.11. The second kappa shape index (κ2) is 6.39. The molecule has 0 bridgehead atoms. The number of hydrogen-bond acceptors (Lipinski definition) is 3. The van der Waals surface area contributed by atoms with E-state index in [1.807, 2.05) is 31.7 Å². The highest BCUT2D eigenvalue weighted by Gasteiger charge is 2.22. The number of aromatic nitrogens is 2. The van der Waals surface area contributed by atoms with Crippen LogP contribution in [0.5, 0.6) is 0 Å². The van der Waals surface area contributed by atoms with E-state index in [1.54, 1.807) is 6.20 Å². The van der Waals surface area contributed by atoms with E-state index in [1.165, 1.54) is 0 Å². The Bertz CT molecular complexity index is 361. The first-order chi connectivity index (χ1) is 8.10. The van der Waals surface area contributed by atoms with Crippen molar-refractivity contribution in [3.8, 4) is 0 Å². The Balaban J connectivity index is 2.51. The standard InChI is InChI=1S/C12H22N4O/c1-4-9(10(13)5-2)12(17)15-8-11-14-6-7-16(11)3/h6-7,9-10H,4-5,8,13H2,1-3H3,(H,15,17). The summed E-state index contributed by atoms with van der Waals surface area (Å²) in [4.78, 5) is 16.1. The van der Waals surface area contributed by atoms with Gasteiger partial charge in [0.05, 0.1) is 12.5 Å². The lowest BCUT2D eigenvalue weighted by Crippen LogP contribution is -2.41. The quantitative estimate of drug-likeness (QED) is 0.770. The summed E-state index contributed by atoms with van der Waals surface area (Å²) in [5, 5.41) is 2.89. The molecule has 0 aliphatic carbocycles. The largest absolute Gasteiger partial charge is 0.349 e. The molecule has 1 heterocycles. The first kappa shape index (κ1) is 13.7. The number of carbonyl (C=O) groups excluding carboxylic acids is 1. The van der Waals surface area contributed by atoms with Crippen molar-refractivity contribution in [2.24, 2.45) is 18.7 Å². The molecule has 1 rings (SSSR count). The highest BCUT2D eigenvalue weighted by Crippen LogP contribution is 2.10. The molecule has 1 aromatic rings. The Hall–Kier alpha value is -1.36. The molecule has 0 aliphatic rings. The second-order valence-electron chi connectivity index (χ2n) is 4.26. The van der Waals surface area contributed by atoms with Crippen LogP contribution in [0, 0.1) is 5.92 Å². The number of hydrogen-bond donors (Lipinski definition) is 2. The van der Waals surface area contributed by atoms with Gasteiger partial charge in [-0.25, -0.2) is 4.98 Å². The van der Waals surface area contributed by atoms with Crippen LogP contribution in [0.1, 0.15) is 32.5 Å². The van der Waals surface area contributed by atoms with Gasteiger partial charge >= 0.3 is 0 Å². The van der Waals surface area contributed by atoms with Crippen LogP contribution in [0.2, 0.25) is 0 Å². The number of nitrogens with two attached hydrogens (primary N) is 1. The van der Waals surface area contributed by atoms with Gasteiger partial charge in [-0.1, -0.05) is 13.8 Å². The molecule has 0 spiro atoms. The number of nitrogens with one attached hydrogen (secondary N) is 1. The molecular weight excluding hydrogens is 216 g/mol. The molecule has 1 aromatic heterocycles. The van der Waals surface area contributed by atoms with Crippen LogP contribution in [0.4, 0.5) is 0 Å². The van der Waals surface area contributed by atoms with Crippen LogP contribution in [0.15, 0.2) is 12.4 Å². The van der Waals surface area contributed by atoms with Gasteiger partial charge in [-0.2, -0.15) is 0 Å². The maximum Gasteiger partial charge on any atom is 0.225 e. The molecular formula is C12H22N4O. The fourth-order valence-electron chi connectivity index (χ4n) is 1.83. The summed E-state index contributed by atoms with van der Waals surface area (Å²) >= 11 is 0. The minimum atomic E-state index is -0.111. The summed E-state index contributed by atoms with van der Waals surface area (Å²) in [5.74, 6) is 0.753. The Morgan fingerprint density at radius 3 is 2.71 bits per heavy atom. The lowest BCUT2D eigenvalue weighted by molar-refractivity contribution is -0.126.